The van der Waals surface area contributed by atoms with Crippen molar-refractivity contribution in [3.63, 3.8) is 0 Å². The Bertz CT molecular complexity index is 652. The number of carbonyl (C=O) groups is 2. The van der Waals surface area contributed by atoms with Crippen molar-refractivity contribution in [1.82, 2.24) is 14.8 Å². The predicted octanol–water partition coefficient (Wildman–Crippen LogP) is -0.691. The average molecular weight is 261 g/mol. The molecule has 19 heavy (non-hydrogen) atoms. The van der Waals surface area contributed by atoms with Crippen molar-refractivity contribution in [2.24, 2.45) is 5.73 Å². The quantitative estimate of drug-likeness (QED) is 0.673. The van der Waals surface area contributed by atoms with Gasteiger partial charge in [0.2, 0.25) is 11.5 Å². The number of hydrogen-bond donors (Lipinski definition) is 3. The average Bonchev–Trinajstić information content (AvgIpc) is 2.76. The third kappa shape index (κ3) is 3.28. The summed E-state index contributed by atoms with van der Waals surface area (Å²) in [6, 6.07) is 2.66. The molecule has 0 aliphatic rings. The van der Waals surface area contributed by atoms with Crippen LogP contribution in [0, 0.1) is 0 Å². The molecule has 0 fully saturated rings. The summed E-state index contributed by atoms with van der Waals surface area (Å²) in [6.45, 7) is -0.0610. The summed E-state index contributed by atoms with van der Waals surface area (Å²) in [6.07, 6.45) is 4.19. The Kier molecular flexibility index (Phi) is 3.42. The molecule has 0 aromatic carbocycles. The lowest BCUT2D eigenvalue weighted by molar-refractivity contribution is -0.118. The van der Waals surface area contributed by atoms with E-state index in [0.717, 1.165) is 0 Å². The zero-order valence-electron chi connectivity index (χ0n) is 9.79. The number of anilines is 1. The molecule has 0 bridgehead atoms. The first-order valence-electron chi connectivity index (χ1n) is 5.35. The molecule has 0 saturated heterocycles. The van der Waals surface area contributed by atoms with E-state index < -0.39 is 11.8 Å². The number of carbonyl (C=O) groups excluding carboxylic acids is 2. The van der Waals surface area contributed by atoms with Gasteiger partial charge >= 0.3 is 0 Å². The number of rotatable bonds is 4. The van der Waals surface area contributed by atoms with Crippen LogP contribution < -0.4 is 16.6 Å². The lowest BCUT2D eigenvalue weighted by atomic mass is 10.2. The first-order valence-corrected chi connectivity index (χ1v) is 5.35. The standard InChI is InChI=1S/C11H11N5O3/c12-9(17)6-16-5-8(4-14-16)15-11(19)7-1-2-10(18)13-3-7/h1-5H,6H2,(H2,12,17)(H,13,18)(H,15,19). The molecule has 0 radical (unpaired) electrons. The van der Waals surface area contributed by atoms with Gasteiger partial charge in [-0.05, 0) is 6.07 Å². The van der Waals surface area contributed by atoms with Crippen LogP contribution in [0.4, 0.5) is 5.69 Å². The summed E-state index contributed by atoms with van der Waals surface area (Å²) in [5.74, 6) is -0.920. The number of nitrogens with one attached hydrogen (secondary N) is 2. The van der Waals surface area contributed by atoms with Crippen LogP contribution in [0.5, 0.6) is 0 Å². The molecule has 8 nitrogen and oxygen atoms in total. The van der Waals surface area contributed by atoms with Crippen molar-refractivity contribution < 1.29 is 9.59 Å². The van der Waals surface area contributed by atoms with E-state index in [1.54, 1.807) is 0 Å². The number of aromatic amines is 1. The third-order valence-electron chi connectivity index (χ3n) is 2.26. The minimum absolute atomic E-state index is 0.0610. The normalized spacial score (nSPS) is 10.1. The van der Waals surface area contributed by atoms with Gasteiger partial charge in [-0.25, -0.2) is 0 Å². The Labute approximate surface area is 107 Å². The fourth-order valence-electron chi connectivity index (χ4n) is 1.43. The molecule has 0 saturated carbocycles. The molecule has 2 rings (SSSR count). The summed E-state index contributed by atoms with van der Waals surface area (Å²) in [7, 11) is 0. The molecule has 0 unspecified atom stereocenters. The van der Waals surface area contributed by atoms with Crippen molar-refractivity contribution in [3.05, 3.63) is 46.6 Å². The first-order chi connectivity index (χ1) is 9.04. The number of nitrogens with two attached hydrogens (primary N) is 1. The molecule has 98 valence electrons. The Morgan fingerprint density at radius 1 is 1.42 bits per heavy atom. The maximum Gasteiger partial charge on any atom is 0.257 e. The molecular weight excluding hydrogens is 250 g/mol. The maximum absolute atomic E-state index is 11.8. The minimum atomic E-state index is -0.526. The summed E-state index contributed by atoms with van der Waals surface area (Å²) in [4.78, 5) is 35.8. The third-order valence-corrected chi connectivity index (χ3v) is 2.26. The Hall–Kier alpha value is -2.90. The Balaban J connectivity index is 2.06. The number of pyridine rings is 1. The van der Waals surface area contributed by atoms with Crippen molar-refractivity contribution in [1.29, 1.82) is 0 Å². The second-order valence-corrected chi connectivity index (χ2v) is 3.79. The monoisotopic (exact) mass is 261 g/mol. The smallest absolute Gasteiger partial charge is 0.257 e. The van der Waals surface area contributed by atoms with Crippen LogP contribution in [0.2, 0.25) is 0 Å². The van der Waals surface area contributed by atoms with Crippen molar-refractivity contribution in [3.8, 4) is 0 Å². The summed E-state index contributed by atoms with van der Waals surface area (Å²) >= 11 is 0. The van der Waals surface area contributed by atoms with Crippen molar-refractivity contribution in [2.75, 3.05) is 5.32 Å². The lowest BCUT2D eigenvalue weighted by Crippen LogP contribution is -2.18. The molecule has 0 aliphatic carbocycles. The Morgan fingerprint density at radius 3 is 2.84 bits per heavy atom. The minimum Gasteiger partial charge on any atom is -0.368 e. The highest BCUT2D eigenvalue weighted by atomic mass is 16.2. The van der Waals surface area contributed by atoms with Gasteiger partial charge in [0, 0.05) is 18.5 Å². The van der Waals surface area contributed by atoms with E-state index in [4.69, 9.17) is 5.73 Å². The Morgan fingerprint density at radius 2 is 2.21 bits per heavy atom. The molecule has 2 aromatic heterocycles. The van der Waals surface area contributed by atoms with Gasteiger partial charge in [0.05, 0.1) is 17.4 Å². The molecule has 0 aliphatic heterocycles. The van der Waals surface area contributed by atoms with E-state index >= 15 is 0 Å². The number of aromatic nitrogens is 3. The van der Waals surface area contributed by atoms with Crippen LogP contribution in [0.1, 0.15) is 10.4 Å². The summed E-state index contributed by atoms with van der Waals surface area (Å²) in [5, 5.41) is 6.44. The fourth-order valence-corrected chi connectivity index (χ4v) is 1.43. The molecular formula is C11H11N5O3. The summed E-state index contributed by atoms with van der Waals surface area (Å²) < 4.78 is 1.31. The SMILES string of the molecule is NC(=O)Cn1cc(NC(=O)c2ccc(=O)[nH]c2)cn1. The van der Waals surface area contributed by atoms with E-state index in [-0.39, 0.29) is 12.1 Å². The second-order valence-electron chi connectivity index (χ2n) is 3.79. The topological polar surface area (TPSA) is 123 Å². The zero-order chi connectivity index (χ0) is 13.8. The molecule has 0 atom stereocenters. The highest BCUT2D eigenvalue weighted by molar-refractivity contribution is 6.03. The molecule has 2 aromatic rings. The zero-order valence-corrected chi connectivity index (χ0v) is 9.79. The van der Waals surface area contributed by atoms with Crippen molar-refractivity contribution >= 4 is 17.5 Å². The number of H-pyrrole nitrogens is 1. The number of primary amides is 1. The van der Waals surface area contributed by atoms with Crippen LogP contribution >= 0.6 is 0 Å². The van der Waals surface area contributed by atoms with Crippen molar-refractivity contribution in [2.45, 2.75) is 6.54 Å². The van der Waals surface area contributed by atoms with Gasteiger partial charge in [-0.15, -0.1) is 0 Å². The van der Waals surface area contributed by atoms with Gasteiger partial charge in [0.1, 0.15) is 6.54 Å². The molecule has 8 heteroatoms. The van der Waals surface area contributed by atoms with Crippen LogP contribution in [0.3, 0.4) is 0 Å². The van der Waals surface area contributed by atoms with Gasteiger partial charge in [-0.3, -0.25) is 19.1 Å². The van der Waals surface area contributed by atoms with E-state index in [0.29, 0.717) is 11.3 Å². The number of hydrogen-bond acceptors (Lipinski definition) is 4. The number of amides is 2. The molecule has 0 spiro atoms. The number of nitrogens with zero attached hydrogens (tertiary/aromatic N) is 2. The van der Waals surface area contributed by atoms with Crippen LogP contribution in [-0.4, -0.2) is 26.6 Å². The summed E-state index contributed by atoms with van der Waals surface area (Å²) in [5.41, 5.74) is 5.47. The molecule has 2 amide bonds. The van der Waals surface area contributed by atoms with Gasteiger partial charge in [-0.2, -0.15) is 5.10 Å². The van der Waals surface area contributed by atoms with E-state index in [1.165, 1.54) is 35.4 Å². The highest BCUT2D eigenvalue weighted by Gasteiger charge is 2.08. The van der Waals surface area contributed by atoms with E-state index in [1.807, 2.05) is 0 Å². The lowest BCUT2D eigenvalue weighted by Gasteiger charge is -2.01. The van der Waals surface area contributed by atoms with Gasteiger partial charge in [0.15, 0.2) is 0 Å². The highest BCUT2D eigenvalue weighted by Crippen LogP contribution is 2.07. The molecule has 4 N–H and O–H groups in total. The van der Waals surface area contributed by atoms with Gasteiger partial charge in [-0.1, -0.05) is 0 Å². The second kappa shape index (κ2) is 5.17. The van der Waals surface area contributed by atoms with Crippen LogP contribution in [0.15, 0.2) is 35.5 Å². The van der Waals surface area contributed by atoms with Crippen LogP contribution in [0.25, 0.3) is 0 Å². The largest absolute Gasteiger partial charge is 0.368 e. The molecule has 2 heterocycles. The van der Waals surface area contributed by atoms with E-state index in [9.17, 15) is 14.4 Å². The first kappa shape index (κ1) is 12.6. The fraction of sp³-hybridized carbons (Fsp3) is 0.0909. The van der Waals surface area contributed by atoms with Gasteiger partial charge in [0.25, 0.3) is 5.91 Å². The van der Waals surface area contributed by atoms with Gasteiger partial charge < -0.3 is 16.0 Å². The van der Waals surface area contributed by atoms with Crippen LogP contribution in [-0.2, 0) is 11.3 Å². The van der Waals surface area contributed by atoms with E-state index in [2.05, 4.69) is 15.4 Å². The predicted molar refractivity (Wildman–Crippen MR) is 66.4 cm³/mol. The maximum atomic E-state index is 11.8.